The lowest BCUT2D eigenvalue weighted by Crippen LogP contribution is -2.09. The van der Waals surface area contributed by atoms with Gasteiger partial charge in [0.2, 0.25) is 0 Å². The molecule has 0 aliphatic rings. The molecule has 1 heterocycles. The van der Waals surface area contributed by atoms with Crippen LogP contribution in [-0.2, 0) is 11.2 Å². The zero-order valence-electron chi connectivity index (χ0n) is 6.95. The average Bonchev–Trinajstić information content (AvgIpc) is 2.06. The summed E-state index contributed by atoms with van der Waals surface area (Å²) < 4.78 is 5.11. The monoisotopic (exact) mass is 151 g/mol. The first-order valence-electron chi connectivity index (χ1n) is 3.75. The third-order valence-electron chi connectivity index (χ3n) is 1.63. The normalized spacial score (nSPS) is 12.9. The van der Waals surface area contributed by atoms with Gasteiger partial charge in [-0.3, -0.25) is 4.98 Å². The molecule has 1 atom stereocenters. The quantitative estimate of drug-likeness (QED) is 0.655. The molecule has 0 aromatic carbocycles. The number of aromatic nitrogens is 1. The topological polar surface area (TPSA) is 22.1 Å². The first kappa shape index (κ1) is 8.21. The van der Waals surface area contributed by atoms with Gasteiger partial charge in [0.15, 0.2) is 0 Å². The smallest absolute Gasteiger partial charge is 0.0598 e. The van der Waals surface area contributed by atoms with E-state index in [2.05, 4.69) is 4.98 Å². The SMILES string of the molecule is COC(C)Cc1ccccn1. The van der Waals surface area contributed by atoms with Crippen molar-refractivity contribution in [1.82, 2.24) is 4.98 Å². The average molecular weight is 151 g/mol. The van der Waals surface area contributed by atoms with Crippen LogP contribution in [0.25, 0.3) is 0 Å². The van der Waals surface area contributed by atoms with Crippen molar-refractivity contribution in [2.75, 3.05) is 7.11 Å². The number of hydrogen-bond acceptors (Lipinski definition) is 2. The molecular formula is C9H13NO. The molecule has 0 saturated heterocycles. The Balaban J connectivity index is 2.51. The number of hydrogen-bond donors (Lipinski definition) is 0. The molecule has 0 radical (unpaired) electrons. The summed E-state index contributed by atoms with van der Waals surface area (Å²) in [6, 6.07) is 5.92. The molecule has 2 nitrogen and oxygen atoms in total. The predicted octanol–water partition coefficient (Wildman–Crippen LogP) is 1.66. The molecule has 0 N–H and O–H groups in total. The summed E-state index contributed by atoms with van der Waals surface area (Å²) in [5.74, 6) is 0. The van der Waals surface area contributed by atoms with E-state index in [0.29, 0.717) is 0 Å². The fourth-order valence-corrected chi connectivity index (χ4v) is 0.897. The maximum atomic E-state index is 5.11. The van der Waals surface area contributed by atoms with Gasteiger partial charge in [-0.25, -0.2) is 0 Å². The van der Waals surface area contributed by atoms with Gasteiger partial charge in [-0.2, -0.15) is 0 Å². The molecular weight excluding hydrogens is 138 g/mol. The van der Waals surface area contributed by atoms with E-state index in [1.54, 1.807) is 13.3 Å². The van der Waals surface area contributed by atoms with Crippen molar-refractivity contribution < 1.29 is 4.74 Å². The Morgan fingerprint density at radius 2 is 2.36 bits per heavy atom. The Morgan fingerprint density at radius 3 is 2.91 bits per heavy atom. The highest BCUT2D eigenvalue weighted by Crippen LogP contribution is 2.00. The molecule has 2 heteroatoms. The van der Waals surface area contributed by atoms with Crippen molar-refractivity contribution in [2.45, 2.75) is 19.4 Å². The van der Waals surface area contributed by atoms with Crippen LogP contribution in [-0.4, -0.2) is 18.2 Å². The van der Waals surface area contributed by atoms with E-state index in [-0.39, 0.29) is 6.10 Å². The highest BCUT2D eigenvalue weighted by molar-refractivity contribution is 5.04. The van der Waals surface area contributed by atoms with E-state index < -0.39 is 0 Å². The van der Waals surface area contributed by atoms with E-state index in [1.807, 2.05) is 25.1 Å². The van der Waals surface area contributed by atoms with E-state index in [9.17, 15) is 0 Å². The lowest BCUT2D eigenvalue weighted by Gasteiger charge is -2.07. The lowest BCUT2D eigenvalue weighted by atomic mass is 10.2. The van der Waals surface area contributed by atoms with E-state index >= 15 is 0 Å². The second kappa shape index (κ2) is 4.09. The van der Waals surface area contributed by atoms with E-state index in [1.165, 1.54) is 0 Å². The van der Waals surface area contributed by atoms with Crippen LogP contribution in [0.2, 0.25) is 0 Å². The molecule has 0 aliphatic carbocycles. The standard InChI is InChI=1S/C9H13NO/c1-8(11-2)7-9-5-3-4-6-10-9/h3-6,8H,7H2,1-2H3. The fraction of sp³-hybridized carbons (Fsp3) is 0.444. The van der Waals surface area contributed by atoms with Crippen molar-refractivity contribution in [2.24, 2.45) is 0 Å². The molecule has 0 bridgehead atoms. The number of nitrogens with zero attached hydrogens (tertiary/aromatic N) is 1. The molecule has 1 aromatic heterocycles. The molecule has 0 aliphatic heterocycles. The van der Waals surface area contributed by atoms with Crippen LogP contribution in [0.3, 0.4) is 0 Å². The van der Waals surface area contributed by atoms with Crippen molar-refractivity contribution >= 4 is 0 Å². The molecule has 1 unspecified atom stereocenters. The van der Waals surface area contributed by atoms with Gasteiger partial charge in [-0.05, 0) is 19.1 Å². The molecule has 1 rings (SSSR count). The molecule has 1 aromatic rings. The molecule has 11 heavy (non-hydrogen) atoms. The van der Waals surface area contributed by atoms with Crippen LogP contribution in [0.5, 0.6) is 0 Å². The summed E-state index contributed by atoms with van der Waals surface area (Å²) in [4.78, 5) is 4.19. The summed E-state index contributed by atoms with van der Waals surface area (Å²) >= 11 is 0. The molecule has 0 spiro atoms. The Kier molecular flexibility index (Phi) is 3.05. The van der Waals surface area contributed by atoms with Gasteiger partial charge in [0.05, 0.1) is 6.10 Å². The number of pyridine rings is 1. The highest BCUT2D eigenvalue weighted by Gasteiger charge is 2.00. The van der Waals surface area contributed by atoms with Crippen LogP contribution in [0.15, 0.2) is 24.4 Å². The minimum atomic E-state index is 0.255. The molecule has 0 saturated carbocycles. The van der Waals surface area contributed by atoms with Crippen LogP contribution in [0, 0.1) is 0 Å². The Bertz CT molecular complexity index is 198. The van der Waals surface area contributed by atoms with E-state index in [4.69, 9.17) is 4.74 Å². The van der Waals surface area contributed by atoms with Gasteiger partial charge in [0.25, 0.3) is 0 Å². The van der Waals surface area contributed by atoms with Crippen molar-refractivity contribution in [3.8, 4) is 0 Å². The van der Waals surface area contributed by atoms with Crippen molar-refractivity contribution in [3.63, 3.8) is 0 Å². The van der Waals surface area contributed by atoms with Crippen LogP contribution >= 0.6 is 0 Å². The van der Waals surface area contributed by atoms with Gasteiger partial charge in [-0.15, -0.1) is 0 Å². The summed E-state index contributed by atoms with van der Waals surface area (Å²) in [6.45, 7) is 2.04. The van der Waals surface area contributed by atoms with Gasteiger partial charge in [-0.1, -0.05) is 6.07 Å². The molecule has 60 valence electrons. The Labute approximate surface area is 67.2 Å². The first-order valence-corrected chi connectivity index (χ1v) is 3.75. The van der Waals surface area contributed by atoms with Crippen molar-refractivity contribution in [3.05, 3.63) is 30.1 Å². The first-order chi connectivity index (χ1) is 5.33. The maximum Gasteiger partial charge on any atom is 0.0598 e. The Morgan fingerprint density at radius 1 is 1.55 bits per heavy atom. The summed E-state index contributed by atoms with van der Waals surface area (Å²) in [5.41, 5.74) is 1.09. The zero-order valence-corrected chi connectivity index (χ0v) is 6.95. The highest BCUT2D eigenvalue weighted by atomic mass is 16.5. The Hall–Kier alpha value is -0.890. The molecule has 0 fully saturated rings. The number of ether oxygens (including phenoxy) is 1. The lowest BCUT2D eigenvalue weighted by molar-refractivity contribution is 0.118. The van der Waals surface area contributed by atoms with E-state index in [0.717, 1.165) is 12.1 Å². The van der Waals surface area contributed by atoms with Gasteiger partial charge in [0, 0.05) is 25.4 Å². The van der Waals surface area contributed by atoms with Gasteiger partial charge in [0.1, 0.15) is 0 Å². The fourth-order valence-electron chi connectivity index (χ4n) is 0.897. The second-order valence-corrected chi connectivity index (χ2v) is 2.57. The van der Waals surface area contributed by atoms with Crippen LogP contribution in [0.1, 0.15) is 12.6 Å². The van der Waals surface area contributed by atoms with Crippen LogP contribution in [0.4, 0.5) is 0 Å². The minimum Gasteiger partial charge on any atom is -0.381 e. The second-order valence-electron chi connectivity index (χ2n) is 2.57. The minimum absolute atomic E-state index is 0.255. The van der Waals surface area contributed by atoms with Crippen molar-refractivity contribution in [1.29, 1.82) is 0 Å². The van der Waals surface area contributed by atoms with Crippen LogP contribution < -0.4 is 0 Å². The maximum absolute atomic E-state index is 5.11. The molecule has 0 amide bonds. The third-order valence-corrected chi connectivity index (χ3v) is 1.63. The summed E-state index contributed by atoms with van der Waals surface area (Å²) in [7, 11) is 1.72. The third kappa shape index (κ3) is 2.68. The zero-order chi connectivity index (χ0) is 8.10. The summed E-state index contributed by atoms with van der Waals surface area (Å²) in [5, 5.41) is 0. The van der Waals surface area contributed by atoms with Gasteiger partial charge < -0.3 is 4.74 Å². The van der Waals surface area contributed by atoms with Gasteiger partial charge >= 0.3 is 0 Å². The largest absolute Gasteiger partial charge is 0.381 e. The number of methoxy groups -OCH3 is 1. The summed E-state index contributed by atoms with van der Waals surface area (Å²) in [6.07, 6.45) is 2.94. The predicted molar refractivity (Wildman–Crippen MR) is 44.4 cm³/mol. The number of rotatable bonds is 3.